The summed E-state index contributed by atoms with van der Waals surface area (Å²) in [6.07, 6.45) is -18.9. The summed E-state index contributed by atoms with van der Waals surface area (Å²) < 4.78 is 134. The van der Waals surface area contributed by atoms with E-state index in [1.165, 1.54) is 0 Å². The summed E-state index contributed by atoms with van der Waals surface area (Å²) in [5.74, 6) is -7.59. The molecule has 1 unspecified atom stereocenters. The Balaban J connectivity index is 2.44. The van der Waals surface area contributed by atoms with Crippen LogP contribution in [0.5, 0.6) is 0 Å². The average molecular weight is 648 g/mol. The Labute approximate surface area is 234 Å². The standard InChI is InChI=1S/C23H15Cl3F10N2O2/c1-9(37-18(39)8-21(28,29)30)38-20(40)12-3-2-10(4-14(12)23(34,35)36)17(27)7-13(22(31,32)33)11-5-15(24)19(26)16(25)6-11/h2-7,9,13H,8H2,1H3,(H,37,39)(H,38,40)/b17-7-/t9-,13?/m1/s1. The van der Waals surface area contributed by atoms with Crippen LogP contribution in [0.3, 0.4) is 0 Å². The van der Waals surface area contributed by atoms with E-state index in [-0.39, 0.29) is 17.2 Å². The third kappa shape index (κ3) is 9.16. The van der Waals surface area contributed by atoms with Crippen LogP contribution in [0.4, 0.5) is 43.9 Å². The van der Waals surface area contributed by atoms with Crippen LogP contribution in [0, 0.1) is 0 Å². The first-order chi connectivity index (χ1) is 18.1. The lowest BCUT2D eigenvalue weighted by Crippen LogP contribution is -2.47. The molecule has 0 saturated heterocycles. The molecule has 0 saturated carbocycles. The highest BCUT2D eigenvalue weighted by atomic mass is 35.5. The summed E-state index contributed by atoms with van der Waals surface area (Å²) in [6, 6.07) is 2.60. The van der Waals surface area contributed by atoms with E-state index >= 15 is 0 Å². The Morgan fingerprint density at radius 1 is 0.900 bits per heavy atom. The lowest BCUT2D eigenvalue weighted by Gasteiger charge is -2.20. The van der Waals surface area contributed by atoms with E-state index < -0.39 is 87.0 Å². The van der Waals surface area contributed by atoms with Crippen molar-refractivity contribution in [3.63, 3.8) is 0 Å². The molecule has 17 heteroatoms. The molecule has 2 amide bonds. The van der Waals surface area contributed by atoms with Crippen LogP contribution >= 0.6 is 34.8 Å². The van der Waals surface area contributed by atoms with Gasteiger partial charge in [0.1, 0.15) is 18.2 Å². The molecule has 220 valence electrons. The molecule has 0 aliphatic rings. The van der Waals surface area contributed by atoms with Crippen LogP contribution in [0.15, 0.2) is 36.4 Å². The van der Waals surface area contributed by atoms with Gasteiger partial charge in [-0.3, -0.25) is 9.59 Å². The highest BCUT2D eigenvalue weighted by Crippen LogP contribution is 2.42. The molecular formula is C23H15Cl3F10N2O2. The van der Waals surface area contributed by atoms with E-state index in [1.54, 1.807) is 5.32 Å². The molecule has 0 heterocycles. The number of rotatable bonds is 7. The molecule has 0 spiro atoms. The van der Waals surface area contributed by atoms with Crippen molar-refractivity contribution < 1.29 is 53.5 Å². The van der Waals surface area contributed by atoms with E-state index in [1.807, 2.05) is 5.32 Å². The monoisotopic (exact) mass is 646 g/mol. The number of benzene rings is 2. The molecule has 0 radical (unpaired) electrons. The Hall–Kier alpha value is -2.71. The zero-order valence-corrected chi connectivity index (χ0v) is 21.8. The minimum atomic E-state index is -5.33. The average Bonchev–Trinajstić information content (AvgIpc) is 2.77. The molecule has 0 aromatic heterocycles. The SMILES string of the molecule is C[C@H](NC(=O)CC(F)(F)F)NC(=O)c1ccc(/C(F)=C/C(c2cc(Cl)c(Cl)c(Cl)c2)C(F)(F)F)cc1C(F)(F)F. The van der Waals surface area contributed by atoms with Gasteiger partial charge >= 0.3 is 18.5 Å². The van der Waals surface area contributed by atoms with Crippen LogP contribution in [-0.4, -0.2) is 30.3 Å². The summed E-state index contributed by atoms with van der Waals surface area (Å²) in [5.41, 5.74) is -4.59. The van der Waals surface area contributed by atoms with Crippen molar-refractivity contribution in [2.75, 3.05) is 0 Å². The van der Waals surface area contributed by atoms with Gasteiger partial charge in [0.05, 0.1) is 32.4 Å². The first-order valence-electron chi connectivity index (χ1n) is 10.6. The molecule has 2 aromatic rings. The topological polar surface area (TPSA) is 58.2 Å². The molecule has 2 atom stereocenters. The first-order valence-corrected chi connectivity index (χ1v) is 11.7. The third-order valence-electron chi connectivity index (χ3n) is 4.96. The van der Waals surface area contributed by atoms with Gasteiger partial charge in [0.2, 0.25) is 5.91 Å². The van der Waals surface area contributed by atoms with Crippen molar-refractivity contribution in [1.29, 1.82) is 0 Å². The highest BCUT2D eigenvalue weighted by Gasteiger charge is 2.41. The predicted molar refractivity (Wildman–Crippen MR) is 127 cm³/mol. The first kappa shape index (κ1) is 33.5. The van der Waals surface area contributed by atoms with Crippen molar-refractivity contribution in [2.45, 2.75) is 44.0 Å². The smallest absolute Gasteiger partial charge is 0.336 e. The zero-order valence-electron chi connectivity index (χ0n) is 19.6. The quantitative estimate of drug-likeness (QED) is 0.180. The summed E-state index contributed by atoms with van der Waals surface area (Å²) in [4.78, 5) is 23.7. The van der Waals surface area contributed by atoms with Gasteiger partial charge in [-0.05, 0) is 42.8 Å². The minimum Gasteiger partial charge on any atom is -0.336 e. The molecule has 2 N–H and O–H groups in total. The van der Waals surface area contributed by atoms with E-state index in [4.69, 9.17) is 34.8 Å². The van der Waals surface area contributed by atoms with Gasteiger partial charge in [0, 0.05) is 5.56 Å². The lowest BCUT2D eigenvalue weighted by molar-refractivity contribution is -0.154. The summed E-state index contributed by atoms with van der Waals surface area (Å²) in [6.45, 7) is 0.961. The maximum atomic E-state index is 14.9. The van der Waals surface area contributed by atoms with Gasteiger partial charge in [-0.25, -0.2) is 4.39 Å². The maximum absolute atomic E-state index is 14.9. The molecule has 0 aliphatic heterocycles. The van der Waals surface area contributed by atoms with Gasteiger partial charge in [-0.15, -0.1) is 0 Å². The van der Waals surface area contributed by atoms with Gasteiger partial charge in [0.25, 0.3) is 5.91 Å². The van der Waals surface area contributed by atoms with E-state index in [0.29, 0.717) is 12.1 Å². The van der Waals surface area contributed by atoms with E-state index in [0.717, 1.165) is 19.1 Å². The van der Waals surface area contributed by atoms with E-state index in [9.17, 15) is 53.5 Å². The number of nitrogens with one attached hydrogen (secondary N) is 2. The van der Waals surface area contributed by atoms with Gasteiger partial charge in [-0.1, -0.05) is 40.9 Å². The Kier molecular flexibility index (Phi) is 10.4. The summed E-state index contributed by atoms with van der Waals surface area (Å²) in [5, 5.41) is 2.47. The number of hydrogen-bond donors (Lipinski definition) is 2. The van der Waals surface area contributed by atoms with Crippen molar-refractivity contribution >= 4 is 52.4 Å². The van der Waals surface area contributed by atoms with Crippen molar-refractivity contribution in [3.05, 3.63) is 73.7 Å². The molecule has 4 nitrogen and oxygen atoms in total. The molecule has 2 aromatic carbocycles. The predicted octanol–water partition coefficient (Wildman–Crippen LogP) is 8.47. The molecular weight excluding hydrogens is 633 g/mol. The van der Waals surface area contributed by atoms with Crippen molar-refractivity contribution in [1.82, 2.24) is 10.6 Å². The molecule has 0 bridgehead atoms. The molecule has 2 rings (SSSR count). The molecule has 40 heavy (non-hydrogen) atoms. The number of alkyl halides is 9. The van der Waals surface area contributed by atoms with Crippen LogP contribution in [0.1, 0.15) is 46.3 Å². The second kappa shape index (κ2) is 12.4. The molecule has 0 fully saturated rings. The van der Waals surface area contributed by atoms with Crippen molar-refractivity contribution in [2.24, 2.45) is 0 Å². The maximum Gasteiger partial charge on any atom is 0.417 e. The number of carbonyl (C=O) groups is 2. The van der Waals surface area contributed by atoms with Gasteiger partial charge in [-0.2, -0.15) is 39.5 Å². The fourth-order valence-electron chi connectivity index (χ4n) is 3.29. The fourth-order valence-corrected chi connectivity index (χ4v) is 3.90. The van der Waals surface area contributed by atoms with Crippen LogP contribution in [0.25, 0.3) is 5.83 Å². The Morgan fingerprint density at radius 3 is 1.93 bits per heavy atom. The summed E-state index contributed by atoms with van der Waals surface area (Å²) in [7, 11) is 0. The second-order valence-electron chi connectivity index (χ2n) is 8.15. The fraction of sp³-hybridized carbons (Fsp3) is 0.304. The third-order valence-corrected chi connectivity index (χ3v) is 6.16. The normalized spacial score (nSPS) is 14.5. The number of halogens is 13. The van der Waals surface area contributed by atoms with Crippen LogP contribution in [0.2, 0.25) is 15.1 Å². The number of carbonyl (C=O) groups excluding carboxylic acids is 2. The number of amides is 2. The van der Waals surface area contributed by atoms with Gasteiger partial charge in [0.15, 0.2) is 0 Å². The lowest BCUT2D eigenvalue weighted by atomic mass is 9.95. The molecule has 0 aliphatic carbocycles. The van der Waals surface area contributed by atoms with Crippen LogP contribution < -0.4 is 10.6 Å². The highest BCUT2D eigenvalue weighted by molar-refractivity contribution is 6.48. The zero-order chi connectivity index (χ0) is 30.8. The van der Waals surface area contributed by atoms with Crippen LogP contribution in [-0.2, 0) is 11.0 Å². The minimum absolute atomic E-state index is 0.0244. The Bertz CT molecular complexity index is 1280. The second-order valence-corrected chi connectivity index (χ2v) is 9.34. The Morgan fingerprint density at radius 2 is 1.45 bits per heavy atom. The largest absolute Gasteiger partial charge is 0.417 e. The van der Waals surface area contributed by atoms with E-state index in [2.05, 4.69) is 0 Å². The number of allylic oxidation sites excluding steroid dienone is 1. The van der Waals surface area contributed by atoms with Gasteiger partial charge < -0.3 is 10.6 Å². The van der Waals surface area contributed by atoms with Crippen molar-refractivity contribution in [3.8, 4) is 0 Å². The number of hydrogen-bond acceptors (Lipinski definition) is 2. The summed E-state index contributed by atoms with van der Waals surface area (Å²) >= 11 is 17.2.